The van der Waals surface area contributed by atoms with Gasteiger partial charge in [-0.2, -0.15) is 0 Å². The van der Waals surface area contributed by atoms with Gasteiger partial charge in [-0.15, -0.1) is 22.7 Å². The third-order valence-corrected chi connectivity index (χ3v) is 6.03. The maximum absolute atomic E-state index is 12.5. The molecule has 7 heteroatoms. The summed E-state index contributed by atoms with van der Waals surface area (Å²) >= 11 is 8.88. The molecular formula is C17H14ClN3OS2. The number of aryl methyl sites for hydroxylation is 1. The molecule has 0 spiro atoms. The van der Waals surface area contributed by atoms with Crippen molar-refractivity contribution >= 4 is 45.3 Å². The maximum atomic E-state index is 12.5. The molecule has 4 rings (SSSR count). The molecule has 4 nitrogen and oxygen atoms in total. The lowest BCUT2D eigenvalue weighted by Crippen LogP contribution is -2.11. The van der Waals surface area contributed by atoms with Gasteiger partial charge in [-0.1, -0.05) is 23.7 Å². The second-order valence-electron chi connectivity index (χ2n) is 5.75. The molecule has 3 aromatic rings. The number of benzene rings is 1. The molecule has 24 heavy (non-hydrogen) atoms. The van der Waals surface area contributed by atoms with E-state index in [1.807, 2.05) is 36.6 Å². The average Bonchev–Trinajstić information content (AvgIpc) is 3.18. The number of nitrogens with zero attached hydrogens (tertiary/aromatic N) is 2. The Hall–Kier alpha value is -1.76. The van der Waals surface area contributed by atoms with Crippen LogP contribution in [-0.4, -0.2) is 15.9 Å². The van der Waals surface area contributed by atoms with Gasteiger partial charge < -0.3 is 0 Å². The fourth-order valence-corrected chi connectivity index (χ4v) is 4.35. The lowest BCUT2D eigenvalue weighted by molar-refractivity contribution is 0.103. The van der Waals surface area contributed by atoms with Crippen molar-refractivity contribution in [1.29, 1.82) is 0 Å². The lowest BCUT2D eigenvalue weighted by Gasteiger charge is -1.99. The average molecular weight is 376 g/mol. The zero-order valence-corrected chi connectivity index (χ0v) is 15.3. The van der Waals surface area contributed by atoms with Crippen LogP contribution in [0.5, 0.6) is 0 Å². The Kier molecular flexibility index (Phi) is 4.12. The second kappa shape index (κ2) is 6.27. The van der Waals surface area contributed by atoms with Gasteiger partial charge in [0.15, 0.2) is 5.13 Å². The SMILES string of the molecule is Cc1nc(-c2cccc(Cl)c2)sc1C(=O)Nc1nc(C2CC2)cs1. The van der Waals surface area contributed by atoms with Gasteiger partial charge in [0.2, 0.25) is 0 Å². The number of rotatable bonds is 4. The third-order valence-electron chi connectivity index (χ3n) is 3.81. The van der Waals surface area contributed by atoms with Crippen molar-refractivity contribution in [3.8, 4) is 10.6 Å². The number of hydrogen-bond acceptors (Lipinski definition) is 5. The summed E-state index contributed by atoms with van der Waals surface area (Å²) in [6.45, 7) is 1.84. The monoisotopic (exact) mass is 375 g/mol. The van der Waals surface area contributed by atoms with E-state index < -0.39 is 0 Å². The number of halogens is 1. The predicted molar refractivity (Wildman–Crippen MR) is 99.3 cm³/mol. The minimum absolute atomic E-state index is 0.157. The summed E-state index contributed by atoms with van der Waals surface area (Å²) in [5, 5.41) is 7.02. The molecule has 0 unspecified atom stereocenters. The van der Waals surface area contributed by atoms with Crippen LogP contribution in [0.3, 0.4) is 0 Å². The lowest BCUT2D eigenvalue weighted by atomic mass is 10.2. The maximum Gasteiger partial charge on any atom is 0.269 e. The van der Waals surface area contributed by atoms with Crippen LogP contribution in [0.4, 0.5) is 5.13 Å². The van der Waals surface area contributed by atoms with Crippen molar-refractivity contribution in [3.63, 3.8) is 0 Å². The number of amides is 1. The third kappa shape index (κ3) is 3.22. The van der Waals surface area contributed by atoms with Crippen LogP contribution in [0.25, 0.3) is 10.6 Å². The Morgan fingerprint density at radius 1 is 1.33 bits per heavy atom. The van der Waals surface area contributed by atoms with Crippen LogP contribution < -0.4 is 5.32 Å². The van der Waals surface area contributed by atoms with Crippen molar-refractivity contribution < 1.29 is 4.79 Å². The molecule has 1 aromatic carbocycles. The smallest absolute Gasteiger partial charge is 0.269 e. The van der Waals surface area contributed by atoms with E-state index >= 15 is 0 Å². The molecule has 0 aliphatic heterocycles. The molecule has 1 N–H and O–H groups in total. The molecule has 1 fully saturated rings. The van der Waals surface area contributed by atoms with Crippen LogP contribution in [0, 0.1) is 6.92 Å². The van der Waals surface area contributed by atoms with Crippen molar-refractivity contribution in [2.75, 3.05) is 5.32 Å². The first-order valence-corrected chi connectivity index (χ1v) is 9.67. The van der Waals surface area contributed by atoms with Gasteiger partial charge in [0.05, 0.1) is 11.4 Å². The molecule has 1 amide bonds. The summed E-state index contributed by atoms with van der Waals surface area (Å²) in [7, 11) is 0. The second-order valence-corrected chi connectivity index (χ2v) is 8.04. The molecule has 2 heterocycles. The minimum Gasteiger partial charge on any atom is -0.297 e. The van der Waals surface area contributed by atoms with Gasteiger partial charge in [0.25, 0.3) is 5.91 Å². The highest BCUT2D eigenvalue weighted by atomic mass is 35.5. The summed E-state index contributed by atoms with van der Waals surface area (Å²) in [5.41, 5.74) is 2.72. The standard InChI is InChI=1S/C17H14ClN3OS2/c1-9-14(24-16(19-9)11-3-2-4-12(18)7-11)15(22)21-17-20-13(8-23-17)10-5-6-10/h2-4,7-8,10H,5-6H2,1H3,(H,20,21,22). The molecule has 0 radical (unpaired) electrons. The van der Waals surface area contributed by atoms with Crippen molar-refractivity contribution in [1.82, 2.24) is 9.97 Å². The van der Waals surface area contributed by atoms with Crippen LogP contribution in [0.15, 0.2) is 29.6 Å². The molecule has 1 aliphatic carbocycles. The highest BCUT2D eigenvalue weighted by Gasteiger charge is 2.26. The Morgan fingerprint density at radius 2 is 2.17 bits per heavy atom. The molecule has 0 saturated heterocycles. The number of carbonyl (C=O) groups excluding carboxylic acids is 1. The van der Waals surface area contributed by atoms with Gasteiger partial charge >= 0.3 is 0 Å². The van der Waals surface area contributed by atoms with Gasteiger partial charge in [-0.25, -0.2) is 9.97 Å². The summed E-state index contributed by atoms with van der Waals surface area (Å²) in [5.74, 6) is 0.432. The van der Waals surface area contributed by atoms with Crippen molar-refractivity contribution in [3.05, 3.63) is 50.9 Å². The van der Waals surface area contributed by atoms with E-state index in [0.717, 1.165) is 16.3 Å². The predicted octanol–water partition coefficient (Wildman–Crippen LogP) is 5.36. The van der Waals surface area contributed by atoms with Crippen LogP contribution in [0.2, 0.25) is 5.02 Å². The van der Waals surface area contributed by atoms with E-state index in [9.17, 15) is 4.79 Å². The molecule has 1 aliphatic rings. The highest BCUT2D eigenvalue weighted by molar-refractivity contribution is 7.17. The van der Waals surface area contributed by atoms with E-state index in [1.54, 1.807) is 0 Å². The van der Waals surface area contributed by atoms with E-state index in [4.69, 9.17) is 11.6 Å². The number of carbonyl (C=O) groups is 1. The van der Waals surface area contributed by atoms with Crippen LogP contribution in [-0.2, 0) is 0 Å². The van der Waals surface area contributed by atoms with Gasteiger partial charge in [-0.05, 0) is 31.9 Å². The zero-order chi connectivity index (χ0) is 16.7. The first-order chi connectivity index (χ1) is 11.6. The normalized spacial score (nSPS) is 13.9. The molecular weight excluding hydrogens is 362 g/mol. The van der Waals surface area contributed by atoms with Crippen LogP contribution in [0.1, 0.15) is 39.8 Å². The van der Waals surface area contributed by atoms with E-state index in [-0.39, 0.29) is 5.91 Å². The van der Waals surface area contributed by atoms with E-state index in [0.29, 0.717) is 26.6 Å². The number of nitrogens with one attached hydrogen (secondary N) is 1. The Balaban J connectivity index is 1.55. The summed E-state index contributed by atoms with van der Waals surface area (Å²) in [6.07, 6.45) is 2.40. The minimum atomic E-state index is -0.157. The molecule has 1 saturated carbocycles. The van der Waals surface area contributed by atoms with Crippen molar-refractivity contribution in [2.45, 2.75) is 25.7 Å². The van der Waals surface area contributed by atoms with Crippen molar-refractivity contribution in [2.24, 2.45) is 0 Å². The van der Waals surface area contributed by atoms with E-state index in [2.05, 4.69) is 15.3 Å². The summed E-state index contributed by atoms with van der Waals surface area (Å²) in [6, 6.07) is 7.49. The quantitative estimate of drug-likeness (QED) is 0.667. The van der Waals surface area contributed by atoms with Gasteiger partial charge in [0.1, 0.15) is 9.88 Å². The van der Waals surface area contributed by atoms with E-state index in [1.165, 1.54) is 35.5 Å². The summed E-state index contributed by atoms with van der Waals surface area (Å²) in [4.78, 5) is 22.2. The first kappa shape index (κ1) is 15.7. The molecule has 0 bridgehead atoms. The molecule has 122 valence electrons. The Bertz CT molecular complexity index is 914. The zero-order valence-electron chi connectivity index (χ0n) is 12.9. The molecule has 0 atom stereocenters. The van der Waals surface area contributed by atoms with Gasteiger partial charge in [0, 0.05) is 21.9 Å². The van der Waals surface area contributed by atoms with Crippen LogP contribution >= 0.6 is 34.3 Å². The number of hydrogen-bond donors (Lipinski definition) is 1. The Labute approximate surface area is 152 Å². The number of anilines is 1. The highest BCUT2D eigenvalue weighted by Crippen LogP contribution is 2.41. The number of thiazole rings is 2. The fourth-order valence-electron chi connectivity index (χ4n) is 2.42. The number of aromatic nitrogens is 2. The summed E-state index contributed by atoms with van der Waals surface area (Å²) < 4.78 is 0. The fraction of sp³-hybridized carbons (Fsp3) is 0.235. The Morgan fingerprint density at radius 3 is 2.92 bits per heavy atom. The molecule has 2 aromatic heterocycles. The topological polar surface area (TPSA) is 54.9 Å². The first-order valence-electron chi connectivity index (χ1n) is 7.60. The van der Waals surface area contributed by atoms with Gasteiger partial charge in [-0.3, -0.25) is 10.1 Å². The largest absolute Gasteiger partial charge is 0.297 e.